The van der Waals surface area contributed by atoms with Crippen molar-refractivity contribution >= 4 is 53.1 Å². The van der Waals surface area contributed by atoms with Gasteiger partial charge < -0.3 is 0 Å². The maximum atomic E-state index is 9.31. The average Bonchev–Trinajstić information content (AvgIpc) is 3.44. The first-order chi connectivity index (χ1) is 20.2. The van der Waals surface area contributed by atoms with Gasteiger partial charge in [-0.1, -0.05) is 84.9 Å². The molecule has 0 saturated heterocycles. The molecular formula is C36H20N4S. The zero-order chi connectivity index (χ0) is 27.3. The number of nitriles is 1. The largest absolute Gasteiger partial charge is 0.208 e. The molecule has 8 rings (SSSR count). The molecule has 5 heteroatoms. The summed E-state index contributed by atoms with van der Waals surface area (Å²) in [5.41, 5.74) is 3.33. The number of hydrogen-bond acceptors (Lipinski definition) is 5. The van der Waals surface area contributed by atoms with Crippen LogP contribution in [-0.2, 0) is 0 Å². The van der Waals surface area contributed by atoms with Gasteiger partial charge in [0.1, 0.15) is 0 Å². The Bertz CT molecular complexity index is 2330. The molecule has 2 heterocycles. The zero-order valence-corrected chi connectivity index (χ0v) is 22.6. The average molecular weight is 541 g/mol. The fourth-order valence-electron chi connectivity index (χ4n) is 5.52. The minimum absolute atomic E-state index is 0.574. The van der Waals surface area contributed by atoms with Gasteiger partial charge in [-0.05, 0) is 57.9 Å². The van der Waals surface area contributed by atoms with E-state index in [1.165, 1.54) is 30.9 Å². The van der Waals surface area contributed by atoms with Gasteiger partial charge in [0.15, 0.2) is 17.5 Å². The van der Waals surface area contributed by atoms with Gasteiger partial charge in [0, 0.05) is 36.9 Å². The van der Waals surface area contributed by atoms with Crippen LogP contribution in [0.25, 0.3) is 75.9 Å². The highest BCUT2D eigenvalue weighted by molar-refractivity contribution is 7.26. The molecule has 0 saturated carbocycles. The lowest BCUT2D eigenvalue weighted by atomic mass is 10.0. The molecule has 0 aliphatic rings. The molecule has 6 aromatic carbocycles. The second-order valence-electron chi connectivity index (χ2n) is 10.0. The summed E-state index contributed by atoms with van der Waals surface area (Å²) in [5.74, 6) is 1.81. The normalized spacial score (nSPS) is 11.4. The second-order valence-corrected chi connectivity index (χ2v) is 11.1. The second kappa shape index (κ2) is 9.34. The number of benzene rings is 6. The van der Waals surface area contributed by atoms with Crippen molar-refractivity contribution < 1.29 is 0 Å². The van der Waals surface area contributed by atoms with Crippen molar-refractivity contribution in [1.29, 1.82) is 5.26 Å². The first kappa shape index (κ1) is 23.4. The Balaban J connectivity index is 1.40. The molecule has 41 heavy (non-hydrogen) atoms. The van der Waals surface area contributed by atoms with Crippen LogP contribution in [0.4, 0.5) is 0 Å². The summed E-state index contributed by atoms with van der Waals surface area (Å²) in [7, 11) is 0. The molecule has 8 aromatic rings. The van der Waals surface area contributed by atoms with Crippen molar-refractivity contribution in [3.8, 4) is 40.2 Å². The molecule has 0 amide bonds. The number of hydrogen-bond donors (Lipinski definition) is 0. The Morgan fingerprint density at radius 1 is 0.537 bits per heavy atom. The number of aromatic nitrogens is 3. The van der Waals surface area contributed by atoms with Gasteiger partial charge in [-0.15, -0.1) is 11.3 Å². The summed E-state index contributed by atoms with van der Waals surface area (Å²) >= 11 is 1.80. The lowest BCUT2D eigenvalue weighted by Crippen LogP contribution is -2.00. The molecule has 0 aliphatic heterocycles. The summed E-state index contributed by atoms with van der Waals surface area (Å²) < 4.78 is 2.46. The van der Waals surface area contributed by atoms with Gasteiger partial charge in [0.05, 0.1) is 11.6 Å². The molecule has 4 nitrogen and oxygen atoms in total. The van der Waals surface area contributed by atoms with Crippen molar-refractivity contribution in [3.05, 3.63) is 127 Å². The van der Waals surface area contributed by atoms with Crippen LogP contribution >= 0.6 is 11.3 Å². The first-order valence-electron chi connectivity index (χ1n) is 13.3. The van der Waals surface area contributed by atoms with Crippen molar-refractivity contribution in [1.82, 2.24) is 15.0 Å². The fraction of sp³-hybridized carbons (Fsp3) is 0. The Morgan fingerprint density at radius 3 is 2.05 bits per heavy atom. The highest BCUT2D eigenvalue weighted by Gasteiger charge is 2.18. The van der Waals surface area contributed by atoms with Crippen LogP contribution in [0.5, 0.6) is 0 Å². The molecule has 0 spiro atoms. The maximum Gasteiger partial charge on any atom is 0.164 e. The molecule has 190 valence electrons. The molecule has 2 aromatic heterocycles. The van der Waals surface area contributed by atoms with E-state index in [-0.39, 0.29) is 0 Å². The van der Waals surface area contributed by atoms with E-state index >= 15 is 0 Å². The van der Waals surface area contributed by atoms with Crippen molar-refractivity contribution in [3.63, 3.8) is 0 Å². The minimum atomic E-state index is 0.574. The summed E-state index contributed by atoms with van der Waals surface area (Å²) in [4.78, 5) is 15.0. The van der Waals surface area contributed by atoms with Crippen LogP contribution in [0.15, 0.2) is 121 Å². The van der Waals surface area contributed by atoms with Gasteiger partial charge in [0.2, 0.25) is 0 Å². The molecular weight excluding hydrogens is 520 g/mol. The number of thiophene rings is 1. The van der Waals surface area contributed by atoms with Crippen molar-refractivity contribution in [2.45, 2.75) is 0 Å². The van der Waals surface area contributed by atoms with Crippen LogP contribution in [0.3, 0.4) is 0 Å². The molecule has 0 fully saturated rings. The summed E-state index contributed by atoms with van der Waals surface area (Å²) in [6.45, 7) is 0. The maximum absolute atomic E-state index is 9.31. The van der Waals surface area contributed by atoms with Crippen molar-refractivity contribution in [2.75, 3.05) is 0 Å². The molecule has 0 N–H and O–H groups in total. The smallest absolute Gasteiger partial charge is 0.164 e. The van der Waals surface area contributed by atoms with Gasteiger partial charge >= 0.3 is 0 Å². The lowest BCUT2D eigenvalue weighted by Gasteiger charge is -2.10. The van der Waals surface area contributed by atoms with E-state index in [1.807, 2.05) is 24.3 Å². The van der Waals surface area contributed by atoms with Crippen LogP contribution < -0.4 is 0 Å². The third-order valence-corrected chi connectivity index (χ3v) is 8.75. The van der Waals surface area contributed by atoms with Gasteiger partial charge in [-0.2, -0.15) is 5.26 Å². The van der Waals surface area contributed by atoms with E-state index in [0.29, 0.717) is 23.0 Å². The van der Waals surface area contributed by atoms with Gasteiger partial charge in [-0.25, -0.2) is 15.0 Å². The SMILES string of the molecule is N#Cc1ccc(-c2nc(-c3ccc4ccccc4c3)nc(-c3cccc4sc5c6ccccc6ccc5c34)n2)cc1. The fourth-order valence-corrected chi connectivity index (χ4v) is 6.78. The predicted molar refractivity (Wildman–Crippen MR) is 169 cm³/mol. The van der Waals surface area contributed by atoms with E-state index in [9.17, 15) is 5.26 Å². The Labute approximate surface area is 239 Å². The van der Waals surface area contributed by atoms with Gasteiger partial charge in [0.25, 0.3) is 0 Å². The van der Waals surface area contributed by atoms with E-state index in [1.54, 1.807) is 23.5 Å². The standard InChI is InChI=1S/C36H20N4S/c37-21-22-12-14-25(15-13-22)34-38-35(27-17-16-23-6-1-2-8-26(23)20-27)40-36(39-34)30-10-5-11-31-32(30)29-19-18-24-7-3-4-9-28(24)33(29)41-31/h1-20H. The third kappa shape index (κ3) is 3.93. The highest BCUT2D eigenvalue weighted by atomic mass is 32.1. The Kier molecular flexibility index (Phi) is 5.34. The molecule has 0 radical (unpaired) electrons. The Hall–Kier alpha value is -5.44. The highest BCUT2D eigenvalue weighted by Crippen LogP contribution is 2.42. The topological polar surface area (TPSA) is 62.5 Å². The summed E-state index contributed by atoms with van der Waals surface area (Å²) in [6.07, 6.45) is 0. The lowest BCUT2D eigenvalue weighted by molar-refractivity contribution is 1.08. The first-order valence-corrected chi connectivity index (χ1v) is 14.2. The van der Waals surface area contributed by atoms with E-state index in [0.717, 1.165) is 27.5 Å². The van der Waals surface area contributed by atoms with Crippen molar-refractivity contribution in [2.24, 2.45) is 0 Å². The number of rotatable bonds is 3. The van der Waals surface area contributed by atoms with E-state index < -0.39 is 0 Å². The number of nitrogens with zero attached hydrogens (tertiary/aromatic N) is 4. The van der Waals surface area contributed by atoms with Gasteiger partial charge in [-0.3, -0.25) is 0 Å². The van der Waals surface area contributed by atoms with Crippen LogP contribution in [0, 0.1) is 11.3 Å². The molecule has 0 unspecified atom stereocenters. The minimum Gasteiger partial charge on any atom is -0.208 e. The molecule has 0 aliphatic carbocycles. The quantitative estimate of drug-likeness (QED) is 0.224. The molecule has 0 atom stereocenters. The monoisotopic (exact) mass is 540 g/mol. The summed E-state index contributed by atoms with van der Waals surface area (Å²) in [5, 5.41) is 16.4. The Morgan fingerprint density at radius 2 is 1.22 bits per heavy atom. The van der Waals surface area contributed by atoms with Crippen LogP contribution in [-0.4, -0.2) is 15.0 Å². The number of fused-ring (bicyclic) bond motifs is 6. The predicted octanol–water partition coefficient (Wildman–Crippen LogP) is 9.42. The van der Waals surface area contributed by atoms with Crippen LogP contribution in [0.1, 0.15) is 5.56 Å². The summed E-state index contributed by atoms with van der Waals surface area (Å²) in [6, 6.07) is 43.5. The van der Waals surface area contributed by atoms with E-state index in [4.69, 9.17) is 15.0 Å². The zero-order valence-electron chi connectivity index (χ0n) is 21.7. The molecule has 0 bridgehead atoms. The van der Waals surface area contributed by atoms with Crippen LogP contribution in [0.2, 0.25) is 0 Å². The van der Waals surface area contributed by atoms with E-state index in [2.05, 4.69) is 91.0 Å². The third-order valence-electron chi connectivity index (χ3n) is 7.54.